The molecule has 0 aromatic carbocycles. The van der Waals surface area contributed by atoms with Crippen molar-refractivity contribution in [1.29, 1.82) is 0 Å². The second-order valence-electron chi connectivity index (χ2n) is 4.37. The van der Waals surface area contributed by atoms with Crippen LogP contribution in [-0.4, -0.2) is 16.7 Å². The van der Waals surface area contributed by atoms with E-state index in [0.29, 0.717) is 5.89 Å². The topological polar surface area (TPSA) is 51.0 Å². The van der Waals surface area contributed by atoms with Gasteiger partial charge in [0.25, 0.3) is 5.89 Å². The van der Waals surface area contributed by atoms with Gasteiger partial charge in [-0.05, 0) is 38.4 Å². The number of aryl methyl sites for hydroxylation is 1. The van der Waals surface area contributed by atoms with Gasteiger partial charge < -0.3 is 9.84 Å². The third kappa shape index (κ3) is 2.25. The van der Waals surface area contributed by atoms with Gasteiger partial charge in [0.15, 0.2) is 5.82 Å². The zero-order valence-corrected chi connectivity index (χ0v) is 10.6. The summed E-state index contributed by atoms with van der Waals surface area (Å²) in [7, 11) is 0. The predicted molar refractivity (Wildman–Crippen MR) is 66.9 cm³/mol. The van der Waals surface area contributed by atoms with Crippen LogP contribution in [0.25, 0.3) is 10.8 Å². The monoisotopic (exact) mass is 249 g/mol. The predicted octanol–water partition coefficient (Wildman–Crippen LogP) is 2.92. The minimum Gasteiger partial charge on any atom is -0.333 e. The first kappa shape index (κ1) is 10.9. The molecule has 1 atom stereocenters. The first-order chi connectivity index (χ1) is 8.33. The Morgan fingerprint density at radius 3 is 3.06 bits per heavy atom. The van der Waals surface area contributed by atoms with Gasteiger partial charge in [-0.15, -0.1) is 11.3 Å². The highest BCUT2D eigenvalue weighted by Crippen LogP contribution is 2.28. The van der Waals surface area contributed by atoms with Crippen LogP contribution in [-0.2, 0) is 0 Å². The van der Waals surface area contributed by atoms with Crippen LogP contribution in [0, 0.1) is 6.92 Å². The Hall–Kier alpha value is -1.20. The number of hydrogen-bond acceptors (Lipinski definition) is 5. The number of thiophene rings is 1. The minimum absolute atomic E-state index is 0.266. The largest absolute Gasteiger partial charge is 0.333 e. The zero-order chi connectivity index (χ0) is 11.7. The molecule has 1 saturated heterocycles. The molecular formula is C12H15N3OS. The lowest BCUT2D eigenvalue weighted by Crippen LogP contribution is -2.27. The second-order valence-corrected chi connectivity index (χ2v) is 5.66. The molecule has 2 aromatic heterocycles. The molecule has 0 aliphatic carbocycles. The summed E-state index contributed by atoms with van der Waals surface area (Å²) in [6.07, 6.45) is 3.58. The molecule has 2 aromatic rings. The fourth-order valence-corrected chi connectivity index (χ4v) is 2.89. The highest BCUT2D eigenvalue weighted by Gasteiger charge is 2.21. The zero-order valence-electron chi connectivity index (χ0n) is 9.77. The quantitative estimate of drug-likeness (QED) is 0.889. The molecule has 0 saturated carbocycles. The van der Waals surface area contributed by atoms with Crippen LogP contribution in [0.2, 0.25) is 0 Å². The summed E-state index contributed by atoms with van der Waals surface area (Å²) in [4.78, 5) is 6.80. The van der Waals surface area contributed by atoms with E-state index in [1.54, 1.807) is 11.3 Å². The Balaban J connectivity index is 1.82. The summed E-state index contributed by atoms with van der Waals surface area (Å²) in [5.41, 5.74) is 0. The molecule has 1 N–H and O–H groups in total. The van der Waals surface area contributed by atoms with Gasteiger partial charge in [-0.25, -0.2) is 0 Å². The molecule has 5 heteroatoms. The third-order valence-electron chi connectivity index (χ3n) is 3.01. The number of nitrogens with zero attached hydrogens (tertiary/aromatic N) is 2. The van der Waals surface area contributed by atoms with Crippen molar-refractivity contribution in [2.75, 3.05) is 6.54 Å². The minimum atomic E-state index is 0.266. The lowest BCUT2D eigenvalue weighted by molar-refractivity contribution is 0.367. The molecule has 3 rings (SSSR count). The van der Waals surface area contributed by atoms with Gasteiger partial charge in [0.1, 0.15) is 0 Å². The standard InChI is InChI=1S/C12H15N3OS/c1-8-5-6-10(17-8)12-14-11(15-16-12)9-4-2-3-7-13-9/h5-6,9,13H,2-4,7H2,1H3. The van der Waals surface area contributed by atoms with Crippen molar-refractivity contribution in [2.45, 2.75) is 32.2 Å². The molecule has 90 valence electrons. The first-order valence-corrected chi connectivity index (χ1v) is 6.78. The van der Waals surface area contributed by atoms with Crippen LogP contribution < -0.4 is 5.32 Å². The molecule has 1 aliphatic rings. The van der Waals surface area contributed by atoms with Gasteiger partial charge in [-0.2, -0.15) is 4.98 Å². The number of nitrogens with one attached hydrogen (secondary N) is 1. The van der Waals surface area contributed by atoms with Gasteiger partial charge in [-0.3, -0.25) is 0 Å². The Kier molecular flexibility index (Phi) is 2.94. The van der Waals surface area contributed by atoms with E-state index in [0.717, 1.165) is 23.7 Å². The summed E-state index contributed by atoms with van der Waals surface area (Å²) in [5.74, 6) is 1.44. The van der Waals surface area contributed by atoms with Crippen LogP contribution >= 0.6 is 11.3 Å². The summed E-state index contributed by atoms with van der Waals surface area (Å²) >= 11 is 1.68. The normalized spacial score (nSPS) is 20.6. The lowest BCUT2D eigenvalue weighted by atomic mass is 10.0. The third-order valence-corrected chi connectivity index (χ3v) is 4.00. The smallest absolute Gasteiger partial charge is 0.268 e. The molecule has 1 fully saturated rings. The van der Waals surface area contributed by atoms with Gasteiger partial charge in [0.2, 0.25) is 0 Å². The number of piperidine rings is 1. The van der Waals surface area contributed by atoms with Crippen LogP contribution in [0.4, 0.5) is 0 Å². The molecule has 0 radical (unpaired) electrons. The molecule has 1 unspecified atom stereocenters. The molecule has 0 amide bonds. The van der Waals surface area contributed by atoms with Crippen molar-refractivity contribution in [3.05, 3.63) is 22.8 Å². The van der Waals surface area contributed by atoms with Gasteiger partial charge in [0, 0.05) is 4.88 Å². The highest BCUT2D eigenvalue weighted by atomic mass is 32.1. The number of aromatic nitrogens is 2. The van der Waals surface area contributed by atoms with Gasteiger partial charge in [-0.1, -0.05) is 11.6 Å². The van der Waals surface area contributed by atoms with E-state index in [1.165, 1.54) is 17.7 Å². The average molecular weight is 249 g/mol. The summed E-state index contributed by atoms with van der Waals surface area (Å²) in [5, 5.41) is 7.51. The van der Waals surface area contributed by atoms with Crippen molar-refractivity contribution in [3.8, 4) is 10.8 Å². The van der Waals surface area contributed by atoms with Gasteiger partial charge in [0.05, 0.1) is 10.9 Å². The van der Waals surface area contributed by atoms with E-state index in [9.17, 15) is 0 Å². The lowest BCUT2D eigenvalue weighted by Gasteiger charge is -2.19. The number of hydrogen-bond donors (Lipinski definition) is 1. The van der Waals surface area contributed by atoms with E-state index in [2.05, 4.69) is 28.4 Å². The fraction of sp³-hybridized carbons (Fsp3) is 0.500. The highest BCUT2D eigenvalue weighted by molar-refractivity contribution is 7.15. The first-order valence-electron chi connectivity index (χ1n) is 5.97. The molecule has 4 nitrogen and oxygen atoms in total. The molecule has 0 bridgehead atoms. The van der Waals surface area contributed by atoms with Gasteiger partial charge >= 0.3 is 0 Å². The maximum absolute atomic E-state index is 5.33. The Morgan fingerprint density at radius 2 is 2.35 bits per heavy atom. The van der Waals surface area contributed by atoms with E-state index in [1.807, 2.05) is 6.07 Å². The van der Waals surface area contributed by atoms with Crippen molar-refractivity contribution in [2.24, 2.45) is 0 Å². The maximum Gasteiger partial charge on any atom is 0.268 e. The Morgan fingerprint density at radius 1 is 1.41 bits per heavy atom. The van der Waals surface area contributed by atoms with E-state index in [-0.39, 0.29) is 6.04 Å². The summed E-state index contributed by atoms with van der Waals surface area (Å²) in [6, 6.07) is 4.37. The van der Waals surface area contributed by atoms with E-state index >= 15 is 0 Å². The van der Waals surface area contributed by atoms with Crippen LogP contribution in [0.15, 0.2) is 16.7 Å². The van der Waals surface area contributed by atoms with Crippen molar-refractivity contribution < 1.29 is 4.52 Å². The second kappa shape index (κ2) is 4.58. The van der Waals surface area contributed by atoms with Crippen molar-refractivity contribution >= 4 is 11.3 Å². The van der Waals surface area contributed by atoms with Crippen LogP contribution in [0.5, 0.6) is 0 Å². The molecule has 3 heterocycles. The van der Waals surface area contributed by atoms with Crippen LogP contribution in [0.1, 0.15) is 36.0 Å². The maximum atomic E-state index is 5.33. The Labute approximate surface area is 104 Å². The molecule has 1 aliphatic heterocycles. The number of rotatable bonds is 2. The fourth-order valence-electron chi connectivity index (χ4n) is 2.10. The molecular weight excluding hydrogens is 234 g/mol. The average Bonchev–Trinajstić information content (AvgIpc) is 2.98. The van der Waals surface area contributed by atoms with Crippen molar-refractivity contribution in [1.82, 2.24) is 15.5 Å². The molecule has 17 heavy (non-hydrogen) atoms. The molecule has 0 spiro atoms. The Bertz CT molecular complexity index is 499. The SMILES string of the molecule is Cc1ccc(-c2nc(C3CCCCN3)no2)s1. The van der Waals surface area contributed by atoms with Crippen LogP contribution in [0.3, 0.4) is 0 Å². The summed E-state index contributed by atoms with van der Waals surface area (Å²) in [6.45, 7) is 3.13. The van der Waals surface area contributed by atoms with E-state index < -0.39 is 0 Å². The summed E-state index contributed by atoms with van der Waals surface area (Å²) < 4.78 is 5.33. The van der Waals surface area contributed by atoms with Crippen molar-refractivity contribution in [3.63, 3.8) is 0 Å². The van der Waals surface area contributed by atoms with E-state index in [4.69, 9.17) is 4.52 Å².